The maximum absolute atomic E-state index is 13.1. The SMILES string of the molecule is O=C(OCC1c2ccccc2-c2ccccc21)N1C2C=C(c3cnoc3)CC1CC2. The molecule has 1 aliphatic carbocycles. The maximum Gasteiger partial charge on any atom is 0.410 e. The molecule has 6 rings (SSSR count). The molecule has 5 heteroatoms. The lowest BCUT2D eigenvalue weighted by atomic mass is 9.97. The Balaban J connectivity index is 1.21. The first kappa shape index (κ1) is 17.5. The minimum atomic E-state index is -0.204. The summed E-state index contributed by atoms with van der Waals surface area (Å²) in [4.78, 5) is 15.0. The van der Waals surface area contributed by atoms with Gasteiger partial charge in [0.2, 0.25) is 0 Å². The Bertz CT molecular complexity index is 1090. The Morgan fingerprint density at radius 3 is 2.47 bits per heavy atom. The van der Waals surface area contributed by atoms with Crippen LogP contribution in [0, 0.1) is 0 Å². The molecule has 150 valence electrons. The molecule has 0 radical (unpaired) electrons. The van der Waals surface area contributed by atoms with E-state index in [2.05, 4.69) is 59.8 Å². The van der Waals surface area contributed by atoms with Crippen LogP contribution in [0.25, 0.3) is 16.7 Å². The van der Waals surface area contributed by atoms with Crippen molar-refractivity contribution in [1.82, 2.24) is 10.1 Å². The summed E-state index contributed by atoms with van der Waals surface area (Å²) in [5, 5.41) is 3.81. The highest BCUT2D eigenvalue weighted by atomic mass is 16.6. The Morgan fingerprint density at radius 2 is 1.80 bits per heavy atom. The van der Waals surface area contributed by atoms with E-state index >= 15 is 0 Å². The zero-order valence-corrected chi connectivity index (χ0v) is 16.5. The summed E-state index contributed by atoms with van der Waals surface area (Å²) in [6.45, 7) is 0.366. The summed E-state index contributed by atoms with van der Waals surface area (Å²) in [7, 11) is 0. The lowest BCUT2D eigenvalue weighted by molar-refractivity contribution is 0.0866. The minimum Gasteiger partial charge on any atom is -0.448 e. The van der Waals surface area contributed by atoms with Gasteiger partial charge in [-0.05, 0) is 47.1 Å². The number of carbonyl (C=O) groups excluding carboxylic acids is 1. The highest BCUT2D eigenvalue weighted by Crippen LogP contribution is 2.45. The fourth-order valence-electron chi connectivity index (χ4n) is 5.36. The summed E-state index contributed by atoms with van der Waals surface area (Å²) in [5.74, 6) is 0.0897. The van der Waals surface area contributed by atoms with Crippen LogP contribution in [0.4, 0.5) is 4.79 Å². The van der Waals surface area contributed by atoms with Gasteiger partial charge < -0.3 is 9.26 Å². The van der Waals surface area contributed by atoms with Crippen molar-refractivity contribution in [3.05, 3.63) is 83.8 Å². The molecule has 2 aromatic carbocycles. The molecule has 2 unspecified atom stereocenters. The van der Waals surface area contributed by atoms with Crippen molar-refractivity contribution >= 4 is 11.7 Å². The lowest BCUT2D eigenvalue weighted by Crippen LogP contribution is -2.43. The molecule has 3 heterocycles. The van der Waals surface area contributed by atoms with Gasteiger partial charge in [-0.15, -0.1) is 0 Å². The van der Waals surface area contributed by atoms with E-state index < -0.39 is 0 Å². The monoisotopic (exact) mass is 398 g/mol. The fourth-order valence-corrected chi connectivity index (χ4v) is 5.36. The van der Waals surface area contributed by atoms with Crippen molar-refractivity contribution in [2.24, 2.45) is 0 Å². The van der Waals surface area contributed by atoms with Gasteiger partial charge in [-0.1, -0.05) is 59.8 Å². The van der Waals surface area contributed by atoms with Crippen molar-refractivity contribution in [1.29, 1.82) is 0 Å². The van der Waals surface area contributed by atoms with E-state index in [0.29, 0.717) is 6.61 Å². The predicted octanol–water partition coefficient (Wildman–Crippen LogP) is 5.24. The molecule has 1 amide bonds. The summed E-state index contributed by atoms with van der Waals surface area (Å²) in [6.07, 6.45) is 8.19. The highest BCUT2D eigenvalue weighted by Gasteiger charge is 2.41. The third-order valence-electron chi connectivity index (χ3n) is 6.75. The minimum absolute atomic E-state index is 0.0873. The zero-order chi connectivity index (χ0) is 20.1. The Kier molecular flexibility index (Phi) is 4.01. The standard InChI is InChI=1S/C25H22N2O3/c28-25(27-18-9-10-19(27)12-16(11-18)17-13-26-30-14-17)29-15-24-22-7-3-1-5-20(22)21-6-2-4-8-23(21)24/h1-8,11,13-14,18-19,24H,9-10,12,15H2. The Labute approximate surface area is 174 Å². The normalized spacial score (nSPS) is 21.9. The smallest absolute Gasteiger partial charge is 0.410 e. The summed E-state index contributed by atoms with van der Waals surface area (Å²) < 4.78 is 10.9. The number of fused-ring (bicyclic) bond motifs is 5. The second-order valence-electron chi connectivity index (χ2n) is 8.32. The average molecular weight is 398 g/mol. The van der Waals surface area contributed by atoms with Crippen molar-refractivity contribution in [2.45, 2.75) is 37.3 Å². The molecule has 2 bridgehead atoms. The van der Waals surface area contributed by atoms with E-state index in [1.54, 1.807) is 12.5 Å². The first-order chi connectivity index (χ1) is 14.8. The second-order valence-corrected chi connectivity index (χ2v) is 8.32. The number of aromatic nitrogens is 1. The molecule has 2 atom stereocenters. The van der Waals surface area contributed by atoms with E-state index in [-0.39, 0.29) is 24.1 Å². The second kappa shape index (κ2) is 6.87. The predicted molar refractivity (Wildman–Crippen MR) is 113 cm³/mol. The Morgan fingerprint density at radius 1 is 1.07 bits per heavy atom. The molecule has 0 N–H and O–H groups in total. The third-order valence-corrected chi connectivity index (χ3v) is 6.75. The van der Waals surface area contributed by atoms with Crippen molar-refractivity contribution in [3.8, 4) is 11.1 Å². The van der Waals surface area contributed by atoms with Crippen LogP contribution >= 0.6 is 0 Å². The quantitative estimate of drug-likeness (QED) is 0.605. The van der Waals surface area contributed by atoms with E-state index in [9.17, 15) is 4.79 Å². The van der Waals surface area contributed by atoms with Crippen molar-refractivity contribution in [3.63, 3.8) is 0 Å². The van der Waals surface area contributed by atoms with Crippen LogP contribution in [0.15, 0.2) is 71.6 Å². The first-order valence-electron chi connectivity index (χ1n) is 10.5. The average Bonchev–Trinajstić information content (AvgIpc) is 3.48. The van der Waals surface area contributed by atoms with E-state index in [1.165, 1.54) is 27.8 Å². The van der Waals surface area contributed by atoms with Gasteiger partial charge in [0.15, 0.2) is 0 Å². The number of nitrogens with zero attached hydrogens (tertiary/aromatic N) is 2. The fraction of sp³-hybridized carbons (Fsp3) is 0.280. The van der Waals surface area contributed by atoms with Crippen LogP contribution in [0.1, 0.15) is 41.9 Å². The number of hydrogen-bond donors (Lipinski definition) is 0. The van der Waals surface area contributed by atoms with Crippen molar-refractivity contribution in [2.75, 3.05) is 6.61 Å². The van der Waals surface area contributed by atoms with Crippen LogP contribution in [-0.2, 0) is 4.74 Å². The highest BCUT2D eigenvalue weighted by molar-refractivity contribution is 5.79. The molecule has 1 saturated heterocycles. The number of rotatable bonds is 3. The molecule has 0 spiro atoms. The van der Waals surface area contributed by atoms with Crippen molar-refractivity contribution < 1.29 is 14.1 Å². The summed E-state index contributed by atoms with van der Waals surface area (Å²) in [6, 6.07) is 17.1. The van der Waals surface area contributed by atoms with Crippen LogP contribution in [0.2, 0.25) is 0 Å². The molecule has 1 aromatic heterocycles. The largest absolute Gasteiger partial charge is 0.448 e. The molecule has 3 aliphatic rings. The Hall–Kier alpha value is -3.34. The van der Waals surface area contributed by atoms with Gasteiger partial charge in [-0.2, -0.15) is 0 Å². The number of ether oxygens (including phenoxy) is 1. The van der Waals surface area contributed by atoms with Crippen LogP contribution in [0.5, 0.6) is 0 Å². The van der Waals surface area contributed by atoms with Gasteiger partial charge in [-0.3, -0.25) is 4.90 Å². The molecule has 3 aromatic rings. The van der Waals surface area contributed by atoms with E-state index in [1.807, 2.05) is 4.90 Å². The zero-order valence-electron chi connectivity index (χ0n) is 16.5. The topological polar surface area (TPSA) is 55.6 Å². The van der Waals surface area contributed by atoms with Crippen LogP contribution in [-0.4, -0.2) is 34.8 Å². The molecule has 30 heavy (non-hydrogen) atoms. The summed E-state index contributed by atoms with van der Waals surface area (Å²) >= 11 is 0. The molecule has 5 nitrogen and oxygen atoms in total. The van der Waals surface area contributed by atoms with Gasteiger partial charge in [0.25, 0.3) is 0 Å². The first-order valence-corrected chi connectivity index (χ1v) is 10.5. The maximum atomic E-state index is 13.1. The van der Waals surface area contributed by atoms with Crippen LogP contribution in [0.3, 0.4) is 0 Å². The van der Waals surface area contributed by atoms with Gasteiger partial charge in [0, 0.05) is 17.5 Å². The summed E-state index contributed by atoms with van der Waals surface area (Å²) in [5.41, 5.74) is 7.19. The number of hydrogen-bond acceptors (Lipinski definition) is 4. The van der Waals surface area contributed by atoms with E-state index in [4.69, 9.17) is 9.26 Å². The van der Waals surface area contributed by atoms with Gasteiger partial charge in [0.1, 0.15) is 12.9 Å². The molecular weight excluding hydrogens is 376 g/mol. The molecule has 0 saturated carbocycles. The lowest BCUT2D eigenvalue weighted by Gasteiger charge is -2.33. The van der Waals surface area contributed by atoms with Gasteiger partial charge >= 0.3 is 6.09 Å². The molecule has 2 aliphatic heterocycles. The van der Waals surface area contributed by atoms with Gasteiger partial charge in [-0.25, -0.2) is 4.79 Å². The number of benzene rings is 2. The molecule has 1 fully saturated rings. The third kappa shape index (κ3) is 2.69. The van der Waals surface area contributed by atoms with Gasteiger partial charge in [0.05, 0.1) is 12.2 Å². The number of amides is 1. The number of carbonyl (C=O) groups is 1. The van der Waals surface area contributed by atoms with E-state index in [0.717, 1.165) is 24.8 Å². The van der Waals surface area contributed by atoms with Crippen LogP contribution < -0.4 is 0 Å². The molecular formula is C25H22N2O3.